The summed E-state index contributed by atoms with van der Waals surface area (Å²) in [6.45, 7) is 2.14. The Hall–Kier alpha value is -0.460. The van der Waals surface area contributed by atoms with E-state index in [9.17, 15) is 13.2 Å². The molecular weight excluding hydrogens is 472 g/mol. The Labute approximate surface area is 153 Å². The number of benzene rings is 1. The summed E-state index contributed by atoms with van der Waals surface area (Å²) >= 11 is -5.94. The minimum atomic E-state index is -5.94. The van der Waals surface area contributed by atoms with E-state index in [2.05, 4.69) is 6.92 Å². The van der Waals surface area contributed by atoms with Gasteiger partial charge in [-0.2, -0.15) is 0 Å². The molecule has 142 valence electrons. The summed E-state index contributed by atoms with van der Waals surface area (Å²) in [6.07, 6.45) is 5.90. The number of rotatable bonds is 6. The molecule has 25 heavy (non-hydrogen) atoms. The van der Waals surface area contributed by atoms with Crippen LogP contribution in [0.1, 0.15) is 43.9 Å². The maximum absolute atomic E-state index is 13.3. The van der Waals surface area contributed by atoms with Crippen molar-refractivity contribution in [2.75, 3.05) is 0 Å². The zero-order valence-corrected chi connectivity index (χ0v) is 16.7. The lowest BCUT2D eigenvalue weighted by molar-refractivity contribution is -2.00. The molecule has 1 heterocycles. The van der Waals surface area contributed by atoms with Crippen molar-refractivity contribution in [3.8, 4) is 0 Å². The second kappa shape index (κ2) is 10.0. The molecule has 9 heteroatoms. The van der Waals surface area contributed by atoms with Crippen LogP contribution in [0.4, 0.5) is 13.2 Å². The Balaban J connectivity index is 0.000000550. The third kappa shape index (κ3) is 8.65. The molecule has 2 rings (SSSR count). The Kier molecular flexibility index (Phi) is 9.05. The van der Waals surface area contributed by atoms with Gasteiger partial charge in [0.1, 0.15) is 20.1 Å². The van der Waals surface area contributed by atoms with Crippen molar-refractivity contribution in [1.29, 1.82) is 0 Å². The maximum atomic E-state index is 13.3. The van der Waals surface area contributed by atoms with E-state index in [1.807, 2.05) is 0 Å². The standard InChI is InChI=1S/C16H20F3S.IO4/c1-2-3-4-5-6-10-14-12-13-9-7-8-11-15(13)20(14)16(17,18)19;2-1(3,4)5/h7-9,11-12H,2-6,10H2,1H3;/q+1;-1. The lowest BCUT2D eigenvalue weighted by atomic mass is 10.1. The van der Waals surface area contributed by atoms with Crippen molar-refractivity contribution in [2.24, 2.45) is 0 Å². The van der Waals surface area contributed by atoms with Crippen LogP contribution in [0.15, 0.2) is 30.3 Å². The zero-order chi connectivity index (χ0) is 19.1. The van der Waals surface area contributed by atoms with Gasteiger partial charge in [0.2, 0.25) is 0 Å². The molecule has 0 spiro atoms. The molecule has 0 aliphatic heterocycles. The van der Waals surface area contributed by atoms with Gasteiger partial charge in [-0.1, -0.05) is 44.7 Å². The van der Waals surface area contributed by atoms with E-state index in [4.69, 9.17) is 13.7 Å². The smallest absolute Gasteiger partial charge is 0.286 e. The van der Waals surface area contributed by atoms with Crippen molar-refractivity contribution < 1.29 is 47.0 Å². The summed E-state index contributed by atoms with van der Waals surface area (Å²) in [5.41, 5.74) is -4.15. The topological polar surface area (TPSA) is 92.2 Å². The number of hydrogen-bond acceptors (Lipinski definition) is 4. The summed E-state index contributed by atoms with van der Waals surface area (Å²) in [5, 5.41) is 0.747. The van der Waals surface area contributed by atoms with Crippen LogP contribution >= 0.6 is 10.5 Å². The second-order valence-corrected chi connectivity index (χ2v) is 9.64. The highest BCUT2D eigenvalue weighted by atomic mass is 127. The van der Waals surface area contributed by atoms with E-state index in [1.54, 1.807) is 30.3 Å². The molecule has 1 unspecified atom stereocenters. The Morgan fingerprint density at radius 2 is 1.52 bits per heavy atom. The van der Waals surface area contributed by atoms with Gasteiger partial charge >= 0.3 is 5.51 Å². The maximum Gasteiger partial charge on any atom is 0.600 e. The molecule has 0 bridgehead atoms. The minimum absolute atomic E-state index is 0.448. The summed E-state index contributed by atoms with van der Waals surface area (Å²) in [6, 6.07) is 8.66. The van der Waals surface area contributed by atoms with Crippen LogP contribution in [-0.4, -0.2) is 0 Å². The molecule has 0 saturated carbocycles. The average Bonchev–Trinajstić information content (AvgIpc) is 2.83. The van der Waals surface area contributed by atoms with Gasteiger partial charge < -0.3 is 0 Å². The van der Waals surface area contributed by atoms with Crippen molar-refractivity contribution in [3.05, 3.63) is 35.2 Å². The monoisotopic (exact) mass is 492 g/mol. The molecule has 0 aliphatic carbocycles. The molecule has 0 fully saturated rings. The molecule has 1 aromatic heterocycles. The van der Waals surface area contributed by atoms with E-state index in [0.717, 1.165) is 31.1 Å². The van der Waals surface area contributed by atoms with Crippen LogP contribution in [0.3, 0.4) is 0 Å². The molecule has 0 amide bonds. The Bertz CT molecular complexity index is 647. The average molecular weight is 492 g/mol. The fourth-order valence-electron chi connectivity index (χ4n) is 2.51. The van der Waals surface area contributed by atoms with Crippen molar-refractivity contribution in [3.63, 3.8) is 0 Å². The largest absolute Gasteiger partial charge is 0.600 e. The molecular formula is C16H20F3IO4S. The number of hydrogen-bond donors (Lipinski definition) is 0. The number of halogens is 4. The highest BCUT2D eigenvalue weighted by Crippen LogP contribution is 2.51. The van der Waals surface area contributed by atoms with Gasteiger partial charge in [-0.05, 0) is 18.6 Å². The zero-order valence-electron chi connectivity index (χ0n) is 13.7. The van der Waals surface area contributed by atoms with Gasteiger partial charge in [0.25, 0.3) is 0 Å². The third-order valence-electron chi connectivity index (χ3n) is 3.48. The Morgan fingerprint density at radius 3 is 2.08 bits per heavy atom. The highest BCUT2D eigenvalue weighted by molar-refractivity contribution is 7.38. The third-order valence-corrected chi connectivity index (χ3v) is 5.60. The summed E-state index contributed by atoms with van der Waals surface area (Å²) in [4.78, 5) is 0.565. The van der Waals surface area contributed by atoms with Gasteiger partial charge in [0, 0.05) is 17.9 Å². The van der Waals surface area contributed by atoms with E-state index >= 15 is 0 Å². The van der Waals surface area contributed by atoms with Crippen molar-refractivity contribution in [2.45, 2.75) is 51.0 Å². The first-order chi connectivity index (χ1) is 11.5. The number of alkyl halides is 3. The minimum Gasteiger partial charge on any atom is -0.286 e. The van der Waals surface area contributed by atoms with Crippen LogP contribution in [0.5, 0.6) is 0 Å². The van der Waals surface area contributed by atoms with Gasteiger partial charge in [-0.15, -0.1) is 13.2 Å². The predicted octanol–water partition coefficient (Wildman–Crippen LogP) is -1.17. The predicted molar refractivity (Wildman–Crippen MR) is 80.2 cm³/mol. The fraction of sp³-hybridized carbons (Fsp3) is 0.500. The van der Waals surface area contributed by atoms with Gasteiger partial charge in [-0.3, -0.25) is 13.7 Å². The number of unbranched alkanes of at least 4 members (excludes halogenated alkanes) is 4. The number of aryl methyl sites for hydroxylation is 1. The normalized spacial score (nSPS) is 12.9. The fourth-order valence-corrected chi connectivity index (χ4v) is 4.51. The first-order valence-corrected chi connectivity index (χ1v) is 12.5. The van der Waals surface area contributed by atoms with Crippen LogP contribution in [0, 0.1) is 0 Å². The van der Waals surface area contributed by atoms with Crippen LogP contribution in [0.2, 0.25) is 0 Å². The summed E-state index contributed by atoms with van der Waals surface area (Å²) in [5.74, 6) is 0. The first-order valence-electron chi connectivity index (χ1n) is 7.76. The van der Waals surface area contributed by atoms with E-state index in [-0.39, 0.29) is 0 Å². The molecule has 2 aromatic rings. The van der Waals surface area contributed by atoms with Crippen LogP contribution in [0.25, 0.3) is 10.1 Å². The molecule has 4 nitrogen and oxygen atoms in total. The molecule has 1 aromatic carbocycles. The number of thiophene rings is 1. The second-order valence-electron chi connectivity index (χ2n) is 5.44. The number of fused-ring (bicyclic) bond motifs is 1. The summed E-state index contributed by atoms with van der Waals surface area (Å²) in [7, 11) is -1.70. The molecule has 0 radical (unpaired) electrons. The van der Waals surface area contributed by atoms with E-state index in [1.165, 1.54) is 6.42 Å². The molecule has 0 aliphatic rings. The quantitative estimate of drug-likeness (QED) is 0.289. The van der Waals surface area contributed by atoms with Crippen LogP contribution in [-0.2, 0) is 11.9 Å². The SMILES string of the molecule is CCCCCCCc1cc2ccccc2[s+]1C(F)(F)F.[O-][I+3]([O-])([O-])[O-]. The molecule has 0 N–H and O–H groups in total. The van der Waals surface area contributed by atoms with Gasteiger partial charge in [-0.25, -0.2) is 0 Å². The Morgan fingerprint density at radius 1 is 0.960 bits per heavy atom. The summed E-state index contributed by atoms with van der Waals surface area (Å²) < 4.78 is 74.8. The molecule has 1 atom stereocenters. The molecule has 0 saturated heterocycles. The first kappa shape index (κ1) is 22.6. The van der Waals surface area contributed by atoms with E-state index < -0.39 is 36.1 Å². The lowest BCUT2D eigenvalue weighted by Gasteiger charge is -2.08. The van der Waals surface area contributed by atoms with Crippen molar-refractivity contribution >= 4 is 20.6 Å². The van der Waals surface area contributed by atoms with E-state index in [0.29, 0.717) is 16.0 Å². The van der Waals surface area contributed by atoms with Gasteiger partial charge in [0.05, 0.1) is 10.5 Å². The van der Waals surface area contributed by atoms with Crippen LogP contribution < -0.4 is 33.8 Å². The lowest BCUT2D eigenvalue weighted by Crippen LogP contribution is -4.29. The van der Waals surface area contributed by atoms with Gasteiger partial charge in [0.15, 0.2) is 9.58 Å². The highest BCUT2D eigenvalue weighted by Gasteiger charge is 2.47. The van der Waals surface area contributed by atoms with Crippen molar-refractivity contribution in [1.82, 2.24) is 0 Å².